The molecule has 2 aromatic rings. The van der Waals surface area contributed by atoms with E-state index < -0.39 is 0 Å². The fourth-order valence-electron chi connectivity index (χ4n) is 2.27. The van der Waals surface area contributed by atoms with Crippen molar-refractivity contribution in [3.05, 3.63) is 59.7 Å². The molecule has 0 amide bonds. The first kappa shape index (κ1) is 15.4. The normalized spacial score (nSPS) is 10.4. The second-order valence-corrected chi connectivity index (χ2v) is 5.36. The predicted octanol–water partition coefficient (Wildman–Crippen LogP) is 4.83. The molecule has 0 radical (unpaired) electrons. The first-order chi connectivity index (χ1) is 10.3. The SMILES string of the molecule is CCCOc1cc(C)ccc1NCCCc1ccccc1. The Balaban J connectivity index is 1.84. The van der Waals surface area contributed by atoms with Crippen molar-refractivity contribution >= 4 is 5.69 Å². The van der Waals surface area contributed by atoms with E-state index >= 15 is 0 Å². The molecule has 0 fully saturated rings. The van der Waals surface area contributed by atoms with Crippen LogP contribution in [0.25, 0.3) is 0 Å². The molecule has 2 aromatic carbocycles. The van der Waals surface area contributed by atoms with Crippen molar-refractivity contribution in [2.45, 2.75) is 33.1 Å². The minimum Gasteiger partial charge on any atom is -0.491 e. The Hall–Kier alpha value is -1.96. The van der Waals surface area contributed by atoms with E-state index in [0.29, 0.717) is 0 Å². The van der Waals surface area contributed by atoms with Gasteiger partial charge in [-0.05, 0) is 49.4 Å². The third-order valence-corrected chi connectivity index (χ3v) is 3.40. The van der Waals surface area contributed by atoms with E-state index in [-0.39, 0.29) is 0 Å². The first-order valence-electron chi connectivity index (χ1n) is 7.81. The molecule has 0 aliphatic rings. The van der Waals surface area contributed by atoms with Crippen LogP contribution in [0.5, 0.6) is 5.75 Å². The van der Waals surface area contributed by atoms with Gasteiger partial charge in [0.05, 0.1) is 12.3 Å². The average molecular weight is 283 g/mol. The number of ether oxygens (including phenoxy) is 1. The van der Waals surface area contributed by atoms with Gasteiger partial charge in [-0.15, -0.1) is 0 Å². The molecule has 0 saturated heterocycles. The highest BCUT2D eigenvalue weighted by Crippen LogP contribution is 2.26. The van der Waals surface area contributed by atoms with Crippen molar-refractivity contribution < 1.29 is 4.74 Å². The number of anilines is 1. The second-order valence-electron chi connectivity index (χ2n) is 5.36. The molecular weight excluding hydrogens is 258 g/mol. The number of aryl methyl sites for hydroxylation is 2. The molecule has 0 atom stereocenters. The van der Waals surface area contributed by atoms with Crippen LogP contribution in [0.15, 0.2) is 48.5 Å². The van der Waals surface area contributed by atoms with Gasteiger partial charge in [0.25, 0.3) is 0 Å². The van der Waals surface area contributed by atoms with Crippen molar-refractivity contribution in [1.29, 1.82) is 0 Å². The van der Waals surface area contributed by atoms with Gasteiger partial charge in [0.1, 0.15) is 5.75 Å². The largest absolute Gasteiger partial charge is 0.491 e. The zero-order chi connectivity index (χ0) is 14.9. The van der Waals surface area contributed by atoms with E-state index in [1.807, 2.05) is 0 Å². The molecule has 0 heterocycles. The van der Waals surface area contributed by atoms with Crippen molar-refractivity contribution in [2.75, 3.05) is 18.5 Å². The van der Waals surface area contributed by atoms with Crippen LogP contribution in [0.1, 0.15) is 30.9 Å². The lowest BCUT2D eigenvalue weighted by molar-refractivity contribution is 0.318. The Kier molecular flexibility index (Phi) is 6.14. The van der Waals surface area contributed by atoms with Gasteiger partial charge in [0.2, 0.25) is 0 Å². The summed E-state index contributed by atoms with van der Waals surface area (Å²) in [5, 5.41) is 3.49. The average Bonchev–Trinajstić information content (AvgIpc) is 2.52. The molecule has 0 aliphatic heterocycles. The van der Waals surface area contributed by atoms with E-state index in [4.69, 9.17) is 4.74 Å². The van der Waals surface area contributed by atoms with Crippen LogP contribution in [0.2, 0.25) is 0 Å². The summed E-state index contributed by atoms with van der Waals surface area (Å²) in [4.78, 5) is 0. The van der Waals surface area contributed by atoms with Crippen molar-refractivity contribution in [3.8, 4) is 5.75 Å². The standard InChI is InChI=1S/C19H25NO/c1-3-14-21-19-15-16(2)11-12-18(19)20-13-7-10-17-8-5-4-6-9-17/h4-6,8-9,11-12,15,20H,3,7,10,13-14H2,1-2H3. The van der Waals surface area contributed by atoms with Gasteiger partial charge in [-0.25, -0.2) is 0 Å². The van der Waals surface area contributed by atoms with Crippen molar-refractivity contribution in [2.24, 2.45) is 0 Å². The minimum atomic E-state index is 0.766. The summed E-state index contributed by atoms with van der Waals surface area (Å²) in [7, 11) is 0. The summed E-state index contributed by atoms with van der Waals surface area (Å²) in [6.45, 7) is 5.95. The van der Waals surface area contributed by atoms with Crippen LogP contribution in [0, 0.1) is 6.92 Å². The molecule has 2 rings (SSSR count). The highest BCUT2D eigenvalue weighted by Gasteiger charge is 2.03. The molecule has 0 aromatic heterocycles. The fourth-order valence-corrected chi connectivity index (χ4v) is 2.27. The fraction of sp³-hybridized carbons (Fsp3) is 0.368. The summed E-state index contributed by atoms with van der Waals surface area (Å²) in [5.41, 5.74) is 3.73. The lowest BCUT2D eigenvalue weighted by Gasteiger charge is -2.13. The number of benzene rings is 2. The summed E-state index contributed by atoms with van der Waals surface area (Å²) in [6, 6.07) is 17.0. The maximum absolute atomic E-state index is 5.82. The molecule has 0 spiro atoms. The van der Waals surface area contributed by atoms with E-state index in [9.17, 15) is 0 Å². The Morgan fingerprint density at radius 1 is 1.05 bits per heavy atom. The van der Waals surface area contributed by atoms with Crippen molar-refractivity contribution in [3.63, 3.8) is 0 Å². The summed E-state index contributed by atoms with van der Waals surface area (Å²) in [5.74, 6) is 0.969. The van der Waals surface area contributed by atoms with Crippen LogP contribution in [-0.2, 0) is 6.42 Å². The maximum Gasteiger partial charge on any atom is 0.142 e. The molecule has 0 aliphatic carbocycles. The Labute approximate surface area is 128 Å². The number of rotatable bonds is 8. The summed E-state index contributed by atoms with van der Waals surface area (Å²) < 4.78 is 5.82. The molecule has 1 N–H and O–H groups in total. The van der Waals surface area contributed by atoms with Gasteiger partial charge in [-0.1, -0.05) is 43.3 Å². The van der Waals surface area contributed by atoms with E-state index in [0.717, 1.165) is 43.9 Å². The molecule has 21 heavy (non-hydrogen) atoms. The third-order valence-electron chi connectivity index (χ3n) is 3.40. The maximum atomic E-state index is 5.82. The van der Waals surface area contributed by atoms with Gasteiger partial charge in [0, 0.05) is 6.54 Å². The third kappa shape index (κ3) is 5.14. The smallest absolute Gasteiger partial charge is 0.142 e. The van der Waals surface area contributed by atoms with Crippen LogP contribution in [-0.4, -0.2) is 13.2 Å². The van der Waals surface area contributed by atoms with Crippen LogP contribution in [0.4, 0.5) is 5.69 Å². The molecule has 112 valence electrons. The molecule has 0 saturated carbocycles. The molecular formula is C19H25NO. The Bertz CT molecular complexity index is 537. The van der Waals surface area contributed by atoms with Gasteiger partial charge in [-0.2, -0.15) is 0 Å². The monoisotopic (exact) mass is 283 g/mol. The topological polar surface area (TPSA) is 21.3 Å². The quantitative estimate of drug-likeness (QED) is 0.701. The van der Waals surface area contributed by atoms with Gasteiger partial charge in [0.15, 0.2) is 0 Å². The van der Waals surface area contributed by atoms with Crippen LogP contribution >= 0.6 is 0 Å². The number of hydrogen-bond donors (Lipinski definition) is 1. The highest BCUT2D eigenvalue weighted by molar-refractivity contribution is 5.57. The zero-order valence-corrected chi connectivity index (χ0v) is 13.1. The highest BCUT2D eigenvalue weighted by atomic mass is 16.5. The molecule has 2 nitrogen and oxygen atoms in total. The number of nitrogens with one attached hydrogen (secondary N) is 1. The van der Waals surface area contributed by atoms with E-state index in [2.05, 4.69) is 67.7 Å². The van der Waals surface area contributed by atoms with Gasteiger partial charge in [-0.3, -0.25) is 0 Å². The Morgan fingerprint density at radius 2 is 1.86 bits per heavy atom. The van der Waals surface area contributed by atoms with Crippen LogP contribution in [0.3, 0.4) is 0 Å². The number of hydrogen-bond acceptors (Lipinski definition) is 2. The van der Waals surface area contributed by atoms with Crippen LogP contribution < -0.4 is 10.1 Å². The second kappa shape index (κ2) is 8.35. The van der Waals surface area contributed by atoms with Gasteiger partial charge >= 0.3 is 0 Å². The Morgan fingerprint density at radius 3 is 2.62 bits per heavy atom. The minimum absolute atomic E-state index is 0.766. The van der Waals surface area contributed by atoms with E-state index in [1.165, 1.54) is 11.1 Å². The molecule has 0 unspecified atom stereocenters. The van der Waals surface area contributed by atoms with Crippen molar-refractivity contribution in [1.82, 2.24) is 0 Å². The summed E-state index contributed by atoms with van der Waals surface area (Å²) >= 11 is 0. The lowest BCUT2D eigenvalue weighted by Crippen LogP contribution is -2.06. The lowest BCUT2D eigenvalue weighted by atomic mass is 10.1. The van der Waals surface area contributed by atoms with Gasteiger partial charge < -0.3 is 10.1 Å². The zero-order valence-electron chi connectivity index (χ0n) is 13.1. The predicted molar refractivity (Wildman–Crippen MR) is 90.2 cm³/mol. The molecule has 0 bridgehead atoms. The van der Waals surface area contributed by atoms with E-state index in [1.54, 1.807) is 0 Å². The molecule has 2 heteroatoms. The summed E-state index contributed by atoms with van der Waals surface area (Å²) in [6.07, 6.45) is 3.25. The first-order valence-corrected chi connectivity index (χ1v) is 7.81.